The van der Waals surface area contributed by atoms with E-state index in [1.165, 1.54) is 11.8 Å². The van der Waals surface area contributed by atoms with E-state index in [0.717, 1.165) is 15.9 Å². The van der Waals surface area contributed by atoms with Gasteiger partial charge in [0.05, 0.1) is 22.3 Å². The Kier molecular flexibility index (Phi) is 5.11. The van der Waals surface area contributed by atoms with Crippen LogP contribution in [0.15, 0.2) is 63.1 Å². The Hall–Kier alpha value is -2.62. The minimum Gasteiger partial charge on any atom is -0.298 e. The van der Waals surface area contributed by atoms with Crippen molar-refractivity contribution < 1.29 is 4.79 Å². The lowest BCUT2D eigenvalue weighted by Crippen LogP contribution is -2.50. The summed E-state index contributed by atoms with van der Waals surface area (Å²) in [5.41, 5.74) is 2.69. The van der Waals surface area contributed by atoms with Crippen molar-refractivity contribution in [1.29, 1.82) is 0 Å². The predicted octanol–water partition coefficient (Wildman–Crippen LogP) is 3.10. The van der Waals surface area contributed by atoms with Crippen molar-refractivity contribution in [3.63, 3.8) is 0 Å². The molecular formula is C21H16BrClN6OS. The van der Waals surface area contributed by atoms with E-state index in [0.29, 0.717) is 32.2 Å². The van der Waals surface area contributed by atoms with Crippen molar-refractivity contribution in [3.8, 4) is 5.69 Å². The van der Waals surface area contributed by atoms with E-state index in [2.05, 4.69) is 31.4 Å². The van der Waals surface area contributed by atoms with Crippen LogP contribution in [0.3, 0.4) is 0 Å². The number of para-hydroxylation sites is 1. The molecule has 1 N–H and O–H groups in total. The summed E-state index contributed by atoms with van der Waals surface area (Å²) in [6, 6.07) is 15.3. The molecule has 3 heterocycles. The Labute approximate surface area is 195 Å². The van der Waals surface area contributed by atoms with Crippen LogP contribution in [0.2, 0.25) is 5.15 Å². The number of amidine groups is 1. The number of thioether (sulfide) groups is 1. The number of halogens is 2. The highest BCUT2D eigenvalue weighted by Crippen LogP contribution is 2.37. The fourth-order valence-electron chi connectivity index (χ4n) is 3.68. The zero-order chi connectivity index (χ0) is 21.7. The number of hydrogen-bond acceptors (Lipinski definition) is 6. The Morgan fingerprint density at radius 1 is 1.19 bits per heavy atom. The van der Waals surface area contributed by atoms with Gasteiger partial charge in [0.25, 0.3) is 5.91 Å². The molecule has 5 rings (SSSR count). The summed E-state index contributed by atoms with van der Waals surface area (Å²) in [4.78, 5) is 18.0. The van der Waals surface area contributed by atoms with Crippen LogP contribution in [0.5, 0.6) is 0 Å². The monoisotopic (exact) mass is 514 g/mol. The number of amides is 1. The minimum absolute atomic E-state index is 0.233. The Morgan fingerprint density at radius 2 is 1.97 bits per heavy atom. The largest absolute Gasteiger partial charge is 0.298 e. The molecule has 7 nitrogen and oxygen atoms in total. The van der Waals surface area contributed by atoms with E-state index >= 15 is 0 Å². The first-order chi connectivity index (χ1) is 15.0. The molecule has 0 saturated carbocycles. The van der Waals surface area contributed by atoms with Gasteiger partial charge in [-0.1, -0.05) is 57.5 Å². The highest BCUT2D eigenvalue weighted by atomic mass is 79.9. The molecule has 0 saturated heterocycles. The van der Waals surface area contributed by atoms with Gasteiger partial charge in [-0.15, -0.1) is 5.10 Å². The highest BCUT2D eigenvalue weighted by molar-refractivity contribution is 9.10. The van der Waals surface area contributed by atoms with Crippen LogP contribution in [0, 0.1) is 6.92 Å². The number of aromatic nitrogens is 2. The average molecular weight is 516 g/mol. The Morgan fingerprint density at radius 3 is 2.71 bits per heavy atom. The molecule has 2 aliphatic rings. The highest BCUT2D eigenvalue weighted by Gasteiger charge is 2.37. The second kappa shape index (κ2) is 7.81. The van der Waals surface area contributed by atoms with Crippen LogP contribution in [0.1, 0.15) is 17.4 Å². The second-order valence-corrected chi connectivity index (χ2v) is 9.03. The van der Waals surface area contributed by atoms with E-state index in [1.807, 2.05) is 61.7 Å². The topological polar surface area (TPSA) is 74.9 Å². The zero-order valence-corrected chi connectivity index (χ0v) is 19.7. The molecule has 0 bridgehead atoms. The molecule has 1 aromatic heterocycles. The van der Waals surface area contributed by atoms with E-state index < -0.39 is 6.17 Å². The van der Waals surface area contributed by atoms with Gasteiger partial charge in [0.1, 0.15) is 10.9 Å². The van der Waals surface area contributed by atoms with Crippen molar-refractivity contribution >= 4 is 56.1 Å². The first kappa shape index (κ1) is 20.3. The number of rotatable bonds is 2. The van der Waals surface area contributed by atoms with Crippen molar-refractivity contribution in [2.75, 3.05) is 6.26 Å². The summed E-state index contributed by atoms with van der Waals surface area (Å²) in [6.45, 7) is 1.89. The van der Waals surface area contributed by atoms with Crippen molar-refractivity contribution in [3.05, 3.63) is 80.0 Å². The molecule has 0 fully saturated rings. The smallest absolute Gasteiger partial charge is 0.276 e. The van der Waals surface area contributed by atoms with Gasteiger partial charge in [-0.25, -0.2) is 9.69 Å². The standard InChI is InChI=1S/C21H16BrClN6OS/c1-11-16(18(23)28(26-11)13-6-4-3-5-7-13)19-24-15-9-8-12(22)10-14(15)17-20(30)25-21(31-2)27-29(17)19/h3-10,19H,1-2H3,(H,25,27,30)/t19-/m1/s1. The van der Waals surface area contributed by atoms with Crippen LogP contribution in [-0.4, -0.2) is 32.1 Å². The number of carbonyl (C=O) groups excluding carboxylic acids is 1. The van der Waals surface area contributed by atoms with Crippen LogP contribution in [0.4, 0.5) is 0 Å². The number of nitrogens with one attached hydrogen (secondary N) is 1. The first-order valence-electron chi connectivity index (χ1n) is 9.39. The number of hydrogen-bond donors (Lipinski definition) is 1. The maximum Gasteiger partial charge on any atom is 0.276 e. The summed E-state index contributed by atoms with van der Waals surface area (Å²) in [5, 5.41) is 16.1. The lowest BCUT2D eigenvalue weighted by Gasteiger charge is -2.33. The van der Waals surface area contributed by atoms with Crippen molar-refractivity contribution in [2.24, 2.45) is 10.1 Å². The number of carbonyl (C=O) groups is 1. The maximum atomic E-state index is 13.1. The number of nitrogens with zero attached hydrogens (tertiary/aromatic N) is 5. The lowest BCUT2D eigenvalue weighted by atomic mass is 10.1. The number of aryl methyl sites for hydroxylation is 1. The number of hydrazone groups is 1. The third kappa shape index (κ3) is 3.37. The van der Waals surface area contributed by atoms with Gasteiger partial charge < -0.3 is 0 Å². The molecule has 156 valence electrons. The number of benzene rings is 2. The van der Waals surface area contributed by atoms with Crippen LogP contribution < -0.4 is 15.9 Å². The van der Waals surface area contributed by atoms with Crippen LogP contribution in [0.25, 0.3) is 11.4 Å². The predicted molar refractivity (Wildman–Crippen MR) is 125 cm³/mol. The molecule has 10 heteroatoms. The van der Waals surface area contributed by atoms with E-state index in [4.69, 9.17) is 16.6 Å². The van der Waals surface area contributed by atoms with Gasteiger partial charge in [0, 0.05) is 9.69 Å². The number of fused-ring (bicyclic) bond motifs is 2. The Balaban J connectivity index is 1.76. The van der Waals surface area contributed by atoms with E-state index in [-0.39, 0.29) is 5.91 Å². The molecule has 1 amide bonds. The fourth-order valence-corrected chi connectivity index (χ4v) is 4.77. The molecule has 3 aromatic rings. The molecule has 31 heavy (non-hydrogen) atoms. The summed E-state index contributed by atoms with van der Waals surface area (Å²) < 4.78 is 2.53. The molecule has 0 unspecified atom stereocenters. The minimum atomic E-state index is -0.623. The second-order valence-electron chi connectivity index (χ2n) is 6.96. The van der Waals surface area contributed by atoms with Gasteiger partial charge in [0.15, 0.2) is 11.3 Å². The average Bonchev–Trinajstić information content (AvgIpc) is 3.07. The van der Waals surface area contributed by atoms with Gasteiger partial charge in [0.2, 0.25) is 0 Å². The van der Waals surface area contributed by atoms with Crippen molar-refractivity contribution in [2.45, 2.75) is 13.1 Å². The summed E-state index contributed by atoms with van der Waals surface area (Å²) in [5.74, 6) is -0.233. The van der Waals surface area contributed by atoms with E-state index in [1.54, 1.807) is 9.69 Å². The van der Waals surface area contributed by atoms with Gasteiger partial charge in [-0.3, -0.25) is 15.1 Å². The maximum absolute atomic E-state index is 13.1. The first-order valence-corrected chi connectivity index (χ1v) is 11.8. The molecule has 1 atom stereocenters. The van der Waals surface area contributed by atoms with Gasteiger partial charge >= 0.3 is 0 Å². The van der Waals surface area contributed by atoms with Crippen LogP contribution in [-0.2, 0) is 4.79 Å². The van der Waals surface area contributed by atoms with Gasteiger partial charge in [-0.05, 0) is 43.5 Å². The van der Waals surface area contributed by atoms with E-state index in [9.17, 15) is 4.79 Å². The molecule has 0 aliphatic carbocycles. The van der Waals surface area contributed by atoms with Crippen LogP contribution >= 0.6 is 39.3 Å². The molecule has 2 aliphatic heterocycles. The van der Waals surface area contributed by atoms with Crippen molar-refractivity contribution in [1.82, 2.24) is 20.1 Å². The molecule has 0 spiro atoms. The molecule has 2 aromatic carbocycles. The summed E-state index contributed by atoms with van der Waals surface area (Å²) in [7, 11) is 0. The Bertz CT molecular complexity index is 1370. The SMILES string of the molecule is CSC1=NN2C(=c3cc(Br)ccc3=N[C@H]2c2c(C)nn(-c3ccccc3)c2Cl)C(=O)N1. The molecule has 0 radical (unpaired) electrons. The summed E-state index contributed by atoms with van der Waals surface area (Å²) in [6.07, 6.45) is 1.23. The normalized spacial score (nSPS) is 17.5. The fraction of sp³-hybridized carbons (Fsp3) is 0.143. The zero-order valence-electron chi connectivity index (χ0n) is 16.5. The third-order valence-electron chi connectivity index (χ3n) is 5.07. The quantitative estimate of drug-likeness (QED) is 0.569. The van der Waals surface area contributed by atoms with Gasteiger partial charge in [-0.2, -0.15) is 5.10 Å². The third-order valence-corrected chi connectivity index (χ3v) is 6.50. The summed E-state index contributed by atoms with van der Waals surface area (Å²) >= 11 is 11.7. The lowest BCUT2D eigenvalue weighted by molar-refractivity contribution is -0.116. The molecular weight excluding hydrogens is 500 g/mol.